The Bertz CT molecular complexity index is 901. The van der Waals surface area contributed by atoms with Gasteiger partial charge >= 0.3 is 11.9 Å². The maximum atomic E-state index is 11.3. The number of hydrogen-bond acceptors (Lipinski definition) is 6. The monoisotopic (exact) mass is 336 g/mol. The summed E-state index contributed by atoms with van der Waals surface area (Å²) in [7, 11) is 1.59. The van der Waals surface area contributed by atoms with Crippen molar-refractivity contribution in [2.75, 3.05) is 7.11 Å². The predicted molar refractivity (Wildman–Crippen MR) is 93.5 cm³/mol. The fourth-order valence-corrected chi connectivity index (χ4v) is 2.13. The number of aliphatic imine (C=N–C) groups is 1. The van der Waals surface area contributed by atoms with Crippen LogP contribution in [0.1, 0.15) is 12.6 Å². The molecule has 0 N–H and O–H groups in total. The second kappa shape index (κ2) is 7.44. The molecule has 0 amide bonds. The normalized spacial score (nSPS) is 10.8. The summed E-state index contributed by atoms with van der Waals surface area (Å²) in [4.78, 5) is 20.0. The molecule has 0 saturated heterocycles. The molecule has 0 bridgehead atoms. The first-order chi connectivity index (χ1) is 12.2. The quantitative estimate of drug-likeness (QED) is 0.519. The van der Waals surface area contributed by atoms with E-state index in [1.54, 1.807) is 13.2 Å². The van der Waals surface area contributed by atoms with Gasteiger partial charge in [-0.05, 0) is 24.3 Å². The smallest absolute Gasteiger partial charge is 0.322 e. The van der Waals surface area contributed by atoms with Gasteiger partial charge in [0.05, 0.1) is 19.0 Å². The van der Waals surface area contributed by atoms with Crippen molar-refractivity contribution >= 4 is 17.9 Å². The maximum absolute atomic E-state index is 11.3. The van der Waals surface area contributed by atoms with Gasteiger partial charge in [0.25, 0.3) is 0 Å². The summed E-state index contributed by atoms with van der Waals surface area (Å²) in [5.41, 5.74) is 1.78. The topological polar surface area (TPSA) is 73.9 Å². The Morgan fingerprint density at radius 2 is 1.96 bits per heavy atom. The van der Waals surface area contributed by atoms with Gasteiger partial charge < -0.3 is 13.9 Å². The van der Waals surface area contributed by atoms with Crippen LogP contribution in [0.4, 0.5) is 5.69 Å². The van der Waals surface area contributed by atoms with Crippen molar-refractivity contribution in [3.8, 4) is 23.1 Å². The van der Waals surface area contributed by atoms with E-state index in [-0.39, 0.29) is 5.95 Å². The molecule has 1 heterocycles. The SMILES string of the molecule is COc1cccc(N=Cc2nc(-c3ccccc3)oc2OC(C)=O)c1. The third-order valence-corrected chi connectivity index (χ3v) is 3.27. The van der Waals surface area contributed by atoms with Gasteiger partial charge in [0, 0.05) is 18.6 Å². The molecule has 0 aliphatic rings. The van der Waals surface area contributed by atoms with Gasteiger partial charge in [0.15, 0.2) is 5.69 Å². The highest BCUT2D eigenvalue weighted by molar-refractivity contribution is 5.84. The molecule has 1 aromatic heterocycles. The van der Waals surface area contributed by atoms with Crippen molar-refractivity contribution in [2.24, 2.45) is 4.99 Å². The molecule has 0 aliphatic carbocycles. The van der Waals surface area contributed by atoms with Crippen LogP contribution in [-0.2, 0) is 4.79 Å². The number of ether oxygens (including phenoxy) is 2. The molecule has 3 aromatic rings. The molecule has 25 heavy (non-hydrogen) atoms. The Balaban J connectivity index is 1.94. The molecule has 0 fully saturated rings. The Hall–Kier alpha value is -3.41. The van der Waals surface area contributed by atoms with Crippen molar-refractivity contribution in [1.29, 1.82) is 0 Å². The number of rotatable bonds is 5. The first kappa shape index (κ1) is 16.4. The fourth-order valence-electron chi connectivity index (χ4n) is 2.13. The highest BCUT2D eigenvalue weighted by atomic mass is 16.6. The van der Waals surface area contributed by atoms with Crippen LogP contribution < -0.4 is 9.47 Å². The van der Waals surface area contributed by atoms with Gasteiger partial charge in [0.2, 0.25) is 5.89 Å². The van der Waals surface area contributed by atoms with Crippen LogP contribution in [0, 0.1) is 0 Å². The van der Waals surface area contributed by atoms with Crippen LogP contribution >= 0.6 is 0 Å². The van der Waals surface area contributed by atoms with E-state index in [9.17, 15) is 4.79 Å². The molecule has 0 spiro atoms. The zero-order valence-corrected chi connectivity index (χ0v) is 13.8. The lowest BCUT2D eigenvalue weighted by Crippen LogP contribution is -2.02. The number of nitrogens with zero attached hydrogens (tertiary/aromatic N) is 2. The molecule has 0 unspecified atom stereocenters. The van der Waals surface area contributed by atoms with E-state index in [1.807, 2.05) is 48.5 Å². The van der Waals surface area contributed by atoms with Crippen LogP contribution in [-0.4, -0.2) is 24.3 Å². The standard InChI is InChI=1S/C19H16N2O4/c1-13(22)24-19-17(12-20-15-9-6-10-16(11-15)23-2)21-18(25-19)14-7-4-3-5-8-14/h3-12H,1-2H3. The third-order valence-electron chi connectivity index (χ3n) is 3.27. The first-order valence-electron chi connectivity index (χ1n) is 7.58. The number of carbonyl (C=O) groups is 1. The minimum absolute atomic E-state index is 0.0120. The molecule has 0 atom stereocenters. The van der Waals surface area contributed by atoms with E-state index in [4.69, 9.17) is 13.9 Å². The molecule has 0 saturated carbocycles. The van der Waals surface area contributed by atoms with Crippen LogP contribution in [0.2, 0.25) is 0 Å². The summed E-state index contributed by atoms with van der Waals surface area (Å²) < 4.78 is 15.8. The lowest BCUT2D eigenvalue weighted by Gasteiger charge is -1.99. The Morgan fingerprint density at radius 3 is 2.68 bits per heavy atom. The number of carbonyl (C=O) groups excluding carboxylic acids is 1. The Labute approximate surface area is 144 Å². The summed E-state index contributed by atoms with van der Waals surface area (Å²) in [5, 5.41) is 0. The van der Waals surface area contributed by atoms with E-state index in [1.165, 1.54) is 13.1 Å². The third kappa shape index (κ3) is 4.11. The van der Waals surface area contributed by atoms with Gasteiger partial charge in [-0.25, -0.2) is 4.98 Å². The summed E-state index contributed by atoms with van der Waals surface area (Å²) in [6, 6.07) is 16.6. The molecular weight excluding hydrogens is 320 g/mol. The average molecular weight is 336 g/mol. The van der Waals surface area contributed by atoms with Gasteiger partial charge in [-0.2, -0.15) is 0 Å². The van der Waals surface area contributed by atoms with E-state index in [0.717, 1.165) is 5.56 Å². The fraction of sp³-hybridized carbons (Fsp3) is 0.105. The maximum Gasteiger partial charge on any atom is 0.322 e. The van der Waals surface area contributed by atoms with Crippen molar-refractivity contribution in [3.05, 3.63) is 60.3 Å². The summed E-state index contributed by atoms with van der Waals surface area (Å²) in [6.07, 6.45) is 1.49. The van der Waals surface area contributed by atoms with Crippen LogP contribution in [0.15, 0.2) is 64.0 Å². The number of esters is 1. The highest BCUT2D eigenvalue weighted by Gasteiger charge is 2.16. The van der Waals surface area contributed by atoms with E-state index >= 15 is 0 Å². The van der Waals surface area contributed by atoms with Crippen molar-refractivity contribution in [1.82, 2.24) is 4.98 Å². The second-order valence-corrected chi connectivity index (χ2v) is 5.11. The number of methoxy groups -OCH3 is 1. The minimum atomic E-state index is -0.494. The number of oxazole rings is 1. The van der Waals surface area contributed by atoms with Crippen LogP contribution in [0.5, 0.6) is 11.7 Å². The number of aromatic nitrogens is 1. The zero-order valence-electron chi connectivity index (χ0n) is 13.8. The predicted octanol–water partition coefficient (Wildman–Crippen LogP) is 4.03. The molecule has 0 radical (unpaired) electrons. The average Bonchev–Trinajstić information content (AvgIpc) is 3.03. The van der Waals surface area contributed by atoms with Gasteiger partial charge in [-0.3, -0.25) is 9.79 Å². The van der Waals surface area contributed by atoms with Gasteiger partial charge in [0.1, 0.15) is 5.75 Å². The van der Waals surface area contributed by atoms with E-state index in [0.29, 0.717) is 23.0 Å². The molecular formula is C19H16N2O4. The van der Waals surface area contributed by atoms with E-state index in [2.05, 4.69) is 9.98 Å². The summed E-state index contributed by atoms with van der Waals surface area (Å²) in [5.74, 6) is 0.564. The van der Waals surface area contributed by atoms with E-state index < -0.39 is 5.97 Å². The van der Waals surface area contributed by atoms with Crippen molar-refractivity contribution in [2.45, 2.75) is 6.92 Å². The summed E-state index contributed by atoms with van der Waals surface area (Å²) in [6.45, 7) is 1.30. The Morgan fingerprint density at radius 1 is 1.16 bits per heavy atom. The lowest BCUT2D eigenvalue weighted by atomic mass is 10.2. The molecule has 3 rings (SSSR count). The molecule has 6 heteroatoms. The van der Waals surface area contributed by atoms with Gasteiger partial charge in [-0.1, -0.05) is 24.3 Å². The highest BCUT2D eigenvalue weighted by Crippen LogP contribution is 2.27. The minimum Gasteiger partial charge on any atom is -0.497 e. The molecule has 126 valence electrons. The molecule has 0 aliphatic heterocycles. The zero-order chi connectivity index (χ0) is 17.6. The first-order valence-corrected chi connectivity index (χ1v) is 7.58. The lowest BCUT2D eigenvalue weighted by molar-refractivity contribution is -0.133. The Kier molecular flexibility index (Phi) is 4.89. The van der Waals surface area contributed by atoms with Crippen LogP contribution in [0.3, 0.4) is 0 Å². The summed E-state index contributed by atoms with van der Waals surface area (Å²) >= 11 is 0. The van der Waals surface area contributed by atoms with Crippen molar-refractivity contribution < 1.29 is 18.7 Å². The largest absolute Gasteiger partial charge is 0.497 e. The van der Waals surface area contributed by atoms with Crippen molar-refractivity contribution in [3.63, 3.8) is 0 Å². The van der Waals surface area contributed by atoms with Gasteiger partial charge in [-0.15, -0.1) is 0 Å². The number of hydrogen-bond donors (Lipinski definition) is 0. The number of benzene rings is 2. The van der Waals surface area contributed by atoms with Crippen LogP contribution in [0.25, 0.3) is 11.5 Å². The molecule has 2 aromatic carbocycles. The molecule has 6 nitrogen and oxygen atoms in total. The second-order valence-electron chi connectivity index (χ2n) is 5.11.